The number of carbonyl (C=O) groups is 1. The molecule has 0 atom stereocenters. The van der Waals surface area contributed by atoms with Crippen LogP contribution in [0.1, 0.15) is 67.4 Å². The molecule has 0 aliphatic carbocycles. The lowest BCUT2D eigenvalue weighted by molar-refractivity contribution is -0.275. The predicted molar refractivity (Wildman–Crippen MR) is 147 cm³/mol. The summed E-state index contributed by atoms with van der Waals surface area (Å²) >= 11 is 0. The number of carbonyl (C=O) groups excluding carboxylic acids is 1. The summed E-state index contributed by atoms with van der Waals surface area (Å²) in [5.74, 6) is -1.59. The quantitative estimate of drug-likeness (QED) is 0.0726. The smallest absolute Gasteiger partial charge is 0.476 e. The van der Waals surface area contributed by atoms with E-state index in [9.17, 15) is 35.9 Å². The Balaban J connectivity index is 0.000000372. The first-order chi connectivity index (χ1) is 20.8. The number of aliphatic imine (C=N–C) groups is 1. The minimum atomic E-state index is -4.71. The molecule has 0 radical (unpaired) electrons. The second-order valence-electron chi connectivity index (χ2n) is 8.96. The van der Waals surface area contributed by atoms with Crippen LogP contribution in [0.2, 0.25) is 0 Å². The average Bonchev–Trinajstić information content (AvgIpc) is 3.49. The van der Waals surface area contributed by atoms with Crippen molar-refractivity contribution < 1.29 is 50.5 Å². The first kappa shape index (κ1) is 37.6. The Morgan fingerprint density at radius 1 is 0.818 bits per heavy atom. The number of carboxylic acids is 1. The molecule has 0 saturated heterocycles. The van der Waals surface area contributed by atoms with E-state index >= 15 is 0 Å². The third-order valence-electron chi connectivity index (χ3n) is 5.46. The molecule has 0 unspecified atom stereocenters. The van der Waals surface area contributed by atoms with Crippen molar-refractivity contribution in [3.05, 3.63) is 66.0 Å². The predicted octanol–water partition coefficient (Wildman–Crippen LogP) is 7.26. The molecule has 0 amide bonds. The number of aromatic carboxylic acids is 1. The minimum Gasteiger partial charge on any atom is -0.476 e. The monoisotopic (exact) mass is 633 g/mol. The maximum Gasteiger partial charge on any atom is 0.573 e. The lowest BCUT2D eigenvalue weighted by atomic mass is 10.0. The van der Waals surface area contributed by atoms with Crippen LogP contribution in [0.15, 0.2) is 59.7 Å². The summed E-state index contributed by atoms with van der Waals surface area (Å²) in [4.78, 5) is 22.9. The Morgan fingerprint density at radius 2 is 1.30 bits per heavy atom. The Morgan fingerprint density at radius 3 is 1.68 bits per heavy atom. The number of carboxylic acid groups (broad SMARTS) is 1. The average molecular weight is 634 g/mol. The SMILES string of the molecule is NCCCCCCCCCCc1ccc(OC(F)(F)F)cc1.O=C(O)c1cn[nH]n1.O=C=Nc1ccc(OC(F)(F)F)cc1. The zero-order valence-electron chi connectivity index (χ0n) is 23.5. The van der Waals surface area contributed by atoms with Crippen molar-refractivity contribution in [1.29, 1.82) is 0 Å². The van der Waals surface area contributed by atoms with Gasteiger partial charge in [0.15, 0.2) is 5.69 Å². The fraction of sp³-hybridized carbons (Fsp3) is 0.429. The number of aromatic amines is 1. The normalized spacial score (nSPS) is 10.8. The fourth-order valence-electron chi connectivity index (χ4n) is 3.47. The molecule has 0 spiro atoms. The van der Waals surface area contributed by atoms with Crippen molar-refractivity contribution in [2.45, 2.75) is 70.5 Å². The first-order valence-electron chi connectivity index (χ1n) is 13.4. The first-order valence-corrected chi connectivity index (χ1v) is 13.4. The van der Waals surface area contributed by atoms with Gasteiger partial charge in [-0.2, -0.15) is 15.3 Å². The number of isocyanates is 1. The van der Waals surface area contributed by atoms with Gasteiger partial charge in [-0.3, -0.25) is 0 Å². The zero-order chi connectivity index (χ0) is 32.8. The van der Waals surface area contributed by atoms with Crippen molar-refractivity contribution in [3.63, 3.8) is 0 Å². The molecule has 0 fully saturated rings. The van der Waals surface area contributed by atoms with Crippen molar-refractivity contribution in [3.8, 4) is 11.5 Å². The van der Waals surface area contributed by atoms with Crippen LogP contribution >= 0.6 is 0 Å². The van der Waals surface area contributed by atoms with E-state index in [0.717, 1.165) is 56.1 Å². The number of benzene rings is 2. The Bertz CT molecular complexity index is 1230. The topological polar surface area (TPSA) is 153 Å². The number of hydrogen-bond acceptors (Lipinski definition) is 8. The van der Waals surface area contributed by atoms with E-state index in [2.05, 4.69) is 29.9 Å². The van der Waals surface area contributed by atoms with Gasteiger partial charge >= 0.3 is 18.7 Å². The van der Waals surface area contributed by atoms with E-state index in [4.69, 9.17) is 10.8 Å². The van der Waals surface area contributed by atoms with Gasteiger partial charge in [0.25, 0.3) is 0 Å². The second kappa shape index (κ2) is 20.5. The highest BCUT2D eigenvalue weighted by Crippen LogP contribution is 2.25. The van der Waals surface area contributed by atoms with E-state index in [0.29, 0.717) is 0 Å². The molecule has 2 aromatic carbocycles. The second-order valence-corrected chi connectivity index (χ2v) is 8.96. The van der Waals surface area contributed by atoms with Gasteiger partial charge in [-0.05, 0) is 67.8 Å². The maximum atomic E-state index is 12.0. The van der Waals surface area contributed by atoms with Crippen LogP contribution in [-0.4, -0.2) is 51.8 Å². The van der Waals surface area contributed by atoms with Crippen molar-refractivity contribution in [2.75, 3.05) is 6.54 Å². The maximum absolute atomic E-state index is 12.0. The molecule has 3 aromatic rings. The number of hydrogen-bond donors (Lipinski definition) is 3. The molecule has 44 heavy (non-hydrogen) atoms. The standard InChI is InChI=1S/C17H26F3NO.C8H4F3NO2.C3H3N3O2/c18-17(19,20)22-16-12-10-15(11-13-16)9-7-5-3-1-2-4-6-8-14-21;9-8(10,11)14-7-3-1-6(2-4-7)12-5-13;7-3(8)2-1-4-6-5-2/h10-13H,1-9,14,21H2;1-4H;1H,(H,7,8)(H,4,5,6). The number of nitrogens with zero attached hydrogens (tertiary/aromatic N) is 3. The summed E-state index contributed by atoms with van der Waals surface area (Å²) in [5, 5.41) is 16.9. The molecular weight excluding hydrogens is 600 g/mol. The van der Waals surface area contributed by atoms with Crippen LogP contribution < -0.4 is 15.2 Å². The number of nitrogens with one attached hydrogen (secondary N) is 1. The molecule has 0 aliphatic heterocycles. The highest BCUT2D eigenvalue weighted by Gasteiger charge is 2.31. The number of aromatic nitrogens is 3. The Hall–Kier alpha value is -4.43. The van der Waals surface area contributed by atoms with Gasteiger partial charge in [-0.15, -0.1) is 31.4 Å². The number of rotatable bonds is 14. The van der Waals surface area contributed by atoms with Crippen molar-refractivity contribution >= 4 is 17.7 Å². The number of ether oxygens (including phenoxy) is 2. The van der Waals surface area contributed by atoms with Crippen molar-refractivity contribution in [1.82, 2.24) is 15.4 Å². The molecule has 16 heteroatoms. The van der Waals surface area contributed by atoms with E-state index in [1.54, 1.807) is 12.1 Å². The highest BCUT2D eigenvalue weighted by molar-refractivity contribution is 5.84. The number of halogens is 6. The summed E-state index contributed by atoms with van der Waals surface area (Å²) in [6.45, 7) is 0.785. The molecule has 4 N–H and O–H groups in total. The third-order valence-corrected chi connectivity index (χ3v) is 5.46. The molecule has 242 valence electrons. The van der Waals surface area contributed by atoms with Gasteiger partial charge in [-0.25, -0.2) is 9.59 Å². The van der Waals surface area contributed by atoms with Gasteiger partial charge in [0.05, 0.1) is 11.9 Å². The van der Waals surface area contributed by atoms with E-state index in [1.807, 2.05) is 0 Å². The minimum absolute atomic E-state index is 0.0648. The van der Waals surface area contributed by atoms with E-state index < -0.39 is 18.7 Å². The van der Waals surface area contributed by atoms with Crippen LogP contribution in [0.3, 0.4) is 0 Å². The molecular formula is C28H33F6N5O5. The van der Waals surface area contributed by atoms with Crippen LogP contribution in [0, 0.1) is 0 Å². The molecule has 0 aliphatic rings. The molecule has 0 saturated carbocycles. The van der Waals surface area contributed by atoms with Crippen LogP contribution in [-0.2, 0) is 11.2 Å². The van der Waals surface area contributed by atoms with Crippen LogP contribution in [0.5, 0.6) is 11.5 Å². The molecule has 1 aromatic heterocycles. The van der Waals surface area contributed by atoms with Gasteiger partial charge < -0.3 is 20.3 Å². The van der Waals surface area contributed by atoms with Gasteiger partial charge in [0.1, 0.15) is 11.5 Å². The van der Waals surface area contributed by atoms with Crippen LogP contribution in [0.25, 0.3) is 0 Å². The highest BCUT2D eigenvalue weighted by atomic mass is 19.4. The molecule has 0 bridgehead atoms. The number of nitrogens with two attached hydrogens (primary N) is 1. The number of unbranched alkanes of at least 4 members (excludes halogenated alkanes) is 7. The summed E-state index contributed by atoms with van der Waals surface area (Å²) in [6, 6.07) is 10.7. The van der Waals surface area contributed by atoms with Crippen LogP contribution in [0.4, 0.5) is 32.0 Å². The summed E-state index contributed by atoms with van der Waals surface area (Å²) < 4.78 is 78.6. The fourth-order valence-corrected chi connectivity index (χ4v) is 3.47. The van der Waals surface area contributed by atoms with Crippen molar-refractivity contribution in [2.24, 2.45) is 10.7 Å². The summed E-state index contributed by atoms with van der Waals surface area (Å²) in [7, 11) is 0. The zero-order valence-corrected chi connectivity index (χ0v) is 23.5. The lowest BCUT2D eigenvalue weighted by Gasteiger charge is -2.09. The molecule has 1 heterocycles. The number of H-pyrrole nitrogens is 1. The molecule has 10 nitrogen and oxygen atoms in total. The largest absolute Gasteiger partial charge is 0.573 e. The number of alkyl halides is 6. The Kier molecular flexibility index (Phi) is 17.5. The van der Waals surface area contributed by atoms with E-state index in [1.165, 1.54) is 62.4 Å². The number of aryl methyl sites for hydroxylation is 1. The van der Waals surface area contributed by atoms with Gasteiger partial charge in [0.2, 0.25) is 6.08 Å². The summed E-state index contributed by atoms with van der Waals surface area (Å²) in [5.41, 5.74) is 6.65. The Labute approximate surface area is 249 Å². The third kappa shape index (κ3) is 19.6. The van der Waals surface area contributed by atoms with Gasteiger partial charge in [0, 0.05) is 0 Å². The van der Waals surface area contributed by atoms with E-state index in [-0.39, 0.29) is 22.9 Å². The van der Waals surface area contributed by atoms with Gasteiger partial charge in [-0.1, -0.05) is 50.7 Å². The summed E-state index contributed by atoms with van der Waals surface area (Å²) in [6.07, 6.45) is 3.56. The molecule has 3 rings (SSSR count). The lowest BCUT2D eigenvalue weighted by Crippen LogP contribution is -2.17.